The molecule has 0 N–H and O–H groups in total. The van der Waals surface area contributed by atoms with Gasteiger partial charge in [-0.25, -0.2) is 4.99 Å². The highest BCUT2D eigenvalue weighted by Gasteiger charge is 2.16. The van der Waals surface area contributed by atoms with Gasteiger partial charge in [-0.05, 0) is 12.8 Å². The number of rotatable bonds is 4. The maximum absolute atomic E-state index is 10.5. The molecule has 1 heterocycles. The van der Waals surface area contributed by atoms with Crippen LogP contribution in [0.25, 0.3) is 0 Å². The normalized spacial score (nSPS) is 17.9. The molecular formula is C10H15N3O. The topological polar surface area (TPSA) is 35.9 Å². The van der Waals surface area contributed by atoms with Crippen molar-refractivity contribution in [2.45, 2.75) is 0 Å². The van der Waals surface area contributed by atoms with Crippen LogP contribution in [0.3, 0.4) is 0 Å². The van der Waals surface area contributed by atoms with Crippen molar-refractivity contribution in [1.82, 2.24) is 9.80 Å². The van der Waals surface area contributed by atoms with Crippen molar-refractivity contribution in [3.63, 3.8) is 0 Å². The fourth-order valence-corrected chi connectivity index (χ4v) is 1.42. The van der Waals surface area contributed by atoms with Gasteiger partial charge in [-0.2, -0.15) is 0 Å². The van der Waals surface area contributed by atoms with Gasteiger partial charge in [0, 0.05) is 26.2 Å². The number of nitrogens with zero attached hydrogens (tertiary/aromatic N) is 3. The average molecular weight is 193 g/mol. The summed E-state index contributed by atoms with van der Waals surface area (Å²) in [6.45, 7) is 10.2. The summed E-state index contributed by atoms with van der Waals surface area (Å²) in [4.78, 5) is 18.2. The zero-order chi connectivity index (χ0) is 10.4. The number of carbonyl (C=O) groups is 1. The molecule has 1 amide bonds. The lowest BCUT2D eigenvalue weighted by molar-refractivity contribution is -0.119. The Labute approximate surface area is 84.2 Å². The molecule has 14 heavy (non-hydrogen) atoms. The van der Waals surface area contributed by atoms with Crippen molar-refractivity contribution in [3.05, 3.63) is 24.6 Å². The van der Waals surface area contributed by atoms with Crippen LogP contribution >= 0.6 is 0 Å². The molecule has 4 nitrogen and oxygen atoms in total. The minimum atomic E-state index is 0.744. The smallest absolute Gasteiger partial charge is 0.209 e. The van der Waals surface area contributed by atoms with Crippen LogP contribution in [-0.4, -0.2) is 49.1 Å². The first-order valence-electron chi connectivity index (χ1n) is 4.55. The molecule has 0 aromatic carbocycles. The third kappa shape index (κ3) is 2.45. The molecule has 0 aliphatic carbocycles. The van der Waals surface area contributed by atoms with Crippen molar-refractivity contribution in [3.8, 4) is 0 Å². The Balaban J connectivity index is 2.55. The monoisotopic (exact) mass is 193 g/mol. The summed E-state index contributed by atoms with van der Waals surface area (Å²) in [6.07, 6.45) is 4.40. The maximum atomic E-state index is 10.5. The second-order valence-electron chi connectivity index (χ2n) is 3.05. The largest absolute Gasteiger partial charge is 0.353 e. The van der Waals surface area contributed by atoms with E-state index in [1.54, 1.807) is 11.0 Å². The van der Waals surface area contributed by atoms with Crippen molar-refractivity contribution >= 4 is 13.1 Å². The molecule has 1 rings (SSSR count). The first-order valence-corrected chi connectivity index (χ1v) is 4.55. The minimum absolute atomic E-state index is 0.744. The summed E-state index contributed by atoms with van der Waals surface area (Å²) < 4.78 is 0. The molecule has 0 aromatic heterocycles. The third-order valence-corrected chi connectivity index (χ3v) is 2.22. The second kappa shape index (κ2) is 5.21. The molecule has 76 valence electrons. The zero-order valence-corrected chi connectivity index (χ0v) is 8.22. The molecule has 0 spiro atoms. The van der Waals surface area contributed by atoms with E-state index in [1.165, 1.54) is 0 Å². The van der Waals surface area contributed by atoms with Crippen LogP contribution in [0.15, 0.2) is 29.5 Å². The minimum Gasteiger partial charge on any atom is -0.353 e. The molecule has 1 aliphatic heterocycles. The van der Waals surface area contributed by atoms with Crippen molar-refractivity contribution in [1.29, 1.82) is 0 Å². The summed E-state index contributed by atoms with van der Waals surface area (Å²) in [6, 6.07) is 0. The molecule has 0 unspecified atom stereocenters. The molecule has 4 heteroatoms. The van der Waals surface area contributed by atoms with Crippen molar-refractivity contribution in [2.24, 2.45) is 4.99 Å². The van der Waals surface area contributed by atoms with E-state index in [0.29, 0.717) is 0 Å². The van der Waals surface area contributed by atoms with Crippen LogP contribution < -0.4 is 0 Å². The number of hydrogen-bond donors (Lipinski definition) is 0. The van der Waals surface area contributed by atoms with Crippen LogP contribution in [0.4, 0.5) is 0 Å². The van der Waals surface area contributed by atoms with Gasteiger partial charge in [0.1, 0.15) is 5.82 Å². The predicted molar refractivity (Wildman–Crippen MR) is 57.0 cm³/mol. The SMILES string of the molecule is C=C/C=C(\N=C)N1CCN(C=O)CC1. The van der Waals surface area contributed by atoms with Gasteiger partial charge < -0.3 is 9.80 Å². The molecule has 1 saturated heterocycles. The van der Waals surface area contributed by atoms with Crippen molar-refractivity contribution in [2.75, 3.05) is 26.2 Å². The summed E-state index contributed by atoms with van der Waals surface area (Å²) in [7, 11) is 0. The lowest BCUT2D eigenvalue weighted by atomic mass is 10.3. The Morgan fingerprint density at radius 3 is 2.36 bits per heavy atom. The Morgan fingerprint density at radius 2 is 1.93 bits per heavy atom. The fourth-order valence-electron chi connectivity index (χ4n) is 1.42. The van der Waals surface area contributed by atoms with Gasteiger partial charge in [-0.1, -0.05) is 12.7 Å². The highest BCUT2D eigenvalue weighted by atomic mass is 16.1. The lowest BCUT2D eigenvalue weighted by Gasteiger charge is -2.33. The zero-order valence-electron chi connectivity index (χ0n) is 8.22. The fraction of sp³-hybridized carbons (Fsp3) is 0.400. The highest BCUT2D eigenvalue weighted by Crippen LogP contribution is 2.09. The van der Waals surface area contributed by atoms with Gasteiger partial charge in [-0.15, -0.1) is 0 Å². The number of hydrogen-bond acceptors (Lipinski definition) is 3. The first-order chi connectivity index (χ1) is 6.81. The first kappa shape index (κ1) is 10.5. The molecule has 1 aliphatic rings. The van der Waals surface area contributed by atoms with Crippen LogP contribution in [-0.2, 0) is 4.79 Å². The van der Waals surface area contributed by atoms with Gasteiger partial charge in [0.05, 0.1) is 0 Å². The molecule has 0 saturated carbocycles. The Hall–Kier alpha value is -1.58. The van der Waals surface area contributed by atoms with Gasteiger partial charge in [0.15, 0.2) is 0 Å². The van der Waals surface area contributed by atoms with E-state index in [-0.39, 0.29) is 0 Å². The van der Waals surface area contributed by atoms with Gasteiger partial charge in [-0.3, -0.25) is 4.79 Å². The number of amides is 1. The van der Waals surface area contributed by atoms with E-state index in [2.05, 4.69) is 23.2 Å². The van der Waals surface area contributed by atoms with E-state index in [1.807, 2.05) is 6.08 Å². The van der Waals surface area contributed by atoms with Gasteiger partial charge >= 0.3 is 0 Å². The maximum Gasteiger partial charge on any atom is 0.209 e. The van der Waals surface area contributed by atoms with E-state index in [0.717, 1.165) is 38.4 Å². The molecule has 0 atom stereocenters. The predicted octanol–water partition coefficient (Wildman–Crippen LogP) is 0.488. The Morgan fingerprint density at radius 1 is 1.29 bits per heavy atom. The molecule has 0 aromatic rings. The summed E-state index contributed by atoms with van der Waals surface area (Å²) in [5, 5.41) is 0. The van der Waals surface area contributed by atoms with Crippen LogP contribution in [0, 0.1) is 0 Å². The number of piperazine rings is 1. The number of aliphatic imine (C=N–C) groups is 1. The Bertz CT molecular complexity index is 252. The summed E-state index contributed by atoms with van der Waals surface area (Å²) >= 11 is 0. The third-order valence-electron chi connectivity index (χ3n) is 2.22. The molecule has 0 bridgehead atoms. The molecule has 0 radical (unpaired) electrons. The molecular weight excluding hydrogens is 178 g/mol. The molecule has 1 fully saturated rings. The van der Waals surface area contributed by atoms with E-state index >= 15 is 0 Å². The van der Waals surface area contributed by atoms with Crippen LogP contribution in [0.5, 0.6) is 0 Å². The highest BCUT2D eigenvalue weighted by molar-refractivity contribution is 5.47. The van der Waals surface area contributed by atoms with E-state index in [9.17, 15) is 4.79 Å². The lowest BCUT2D eigenvalue weighted by Crippen LogP contribution is -2.44. The van der Waals surface area contributed by atoms with Gasteiger partial charge in [0.25, 0.3) is 0 Å². The summed E-state index contributed by atoms with van der Waals surface area (Å²) in [5.41, 5.74) is 0. The van der Waals surface area contributed by atoms with Crippen LogP contribution in [0.2, 0.25) is 0 Å². The number of allylic oxidation sites excluding steroid dienone is 2. The van der Waals surface area contributed by atoms with E-state index in [4.69, 9.17) is 0 Å². The van der Waals surface area contributed by atoms with Gasteiger partial charge in [0.2, 0.25) is 6.41 Å². The van der Waals surface area contributed by atoms with Crippen LogP contribution in [0.1, 0.15) is 0 Å². The standard InChI is InChI=1S/C10H15N3O/c1-3-4-10(11-2)13-7-5-12(9-14)6-8-13/h3-4,9H,1-2,5-8H2/b10-4+. The number of carbonyl (C=O) groups excluding carboxylic acids is 1. The van der Waals surface area contributed by atoms with Crippen molar-refractivity contribution < 1.29 is 4.79 Å². The second-order valence-corrected chi connectivity index (χ2v) is 3.05. The average Bonchev–Trinajstić information content (AvgIpc) is 2.26. The Kier molecular flexibility index (Phi) is 3.91. The quantitative estimate of drug-likeness (QED) is 0.370. The summed E-state index contributed by atoms with van der Waals surface area (Å²) in [5.74, 6) is 0.825. The van der Waals surface area contributed by atoms with E-state index < -0.39 is 0 Å².